The Bertz CT molecular complexity index is 810. The van der Waals surface area contributed by atoms with E-state index >= 15 is 0 Å². The molecule has 0 fully saturated rings. The molecule has 0 bridgehead atoms. The summed E-state index contributed by atoms with van der Waals surface area (Å²) in [4.78, 5) is 8.96. The van der Waals surface area contributed by atoms with Gasteiger partial charge in [0.25, 0.3) is 0 Å². The van der Waals surface area contributed by atoms with Crippen molar-refractivity contribution in [3.05, 3.63) is 35.9 Å². The van der Waals surface area contributed by atoms with Gasteiger partial charge >= 0.3 is 0 Å². The van der Waals surface area contributed by atoms with E-state index in [0.717, 1.165) is 30.0 Å². The Morgan fingerprint density at radius 2 is 2.08 bits per heavy atom. The molecule has 0 atom stereocenters. The number of nitrogens with one attached hydrogen (secondary N) is 1. The Morgan fingerprint density at radius 3 is 2.75 bits per heavy atom. The van der Waals surface area contributed by atoms with E-state index in [1.165, 1.54) is 0 Å². The predicted molar refractivity (Wildman–Crippen MR) is 89.7 cm³/mol. The summed E-state index contributed by atoms with van der Waals surface area (Å²) in [6.45, 7) is 5.18. The van der Waals surface area contributed by atoms with E-state index in [1.807, 2.05) is 32.0 Å². The molecule has 1 N–H and O–H groups in total. The van der Waals surface area contributed by atoms with E-state index in [2.05, 4.69) is 20.4 Å². The molecular formula is C17H20N4O3. The molecule has 7 heteroatoms. The molecule has 3 aromatic heterocycles. The first kappa shape index (κ1) is 16.2. The first-order valence-electron chi connectivity index (χ1n) is 7.77. The van der Waals surface area contributed by atoms with E-state index < -0.39 is 0 Å². The van der Waals surface area contributed by atoms with Crippen LogP contribution in [-0.4, -0.2) is 35.4 Å². The minimum Gasteiger partial charge on any atom is -0.460 e. The molecule has 0 radical (unpaired) electrons. The van der Waals surface area contributed by atoms with Gasteiger partial charge in [0.1, 0.15) is 11.5 Å². The van der Waals surface area contributed by atoms with Crippen LogP contribution in [0.3, 0.4) is 0 Å². The van der Waals surface area contributed by atoms with Gasteiger partial charge in [-0.05, 0) is 32.4 Å². The maximum absolute atomic E-state index is 5.74. The van der Waals surface area contributed by atoms with E-state index in [4.69, 9.17) is 13.7 Å². The Kier molecular flexibility index (Phi) is 4.90. The van der Waals surface area contributed by atoms with Crippen molar-refractivity contribution >= 4 is 5.95 Å². The molecule has 24 heavy (non-hydrogen) atoms. The van der Waals surface area contributed by atoms with Gasteiger partial charge in [-0.3, -0.25) is 0 Å². The Morgan fingerprint density at radius 1 is 1.21 bits per heavy atom. The largest absolute Gasteiger partial charge is 0.460 e. The second kappa shape index (κ2) is 7.27. The number of hydrogen-bond donors (Lipinski definition) is 1. The van der Waals surface area contributed by atoms with Crippen molar-refractivity contribution in [2.75, 3.05) is 25.6 Å². The minimum absolute atomic E-state index is 0.537. The van der Waals surface area contributed by atoms with Gasteiger partial charge in [0, 0.05) is 32.5 Å². The maximum Gasteiger partial charge on any atom is 0.223 e. The summed E-state index contributed by atoms with van der Waals surface area (Å²) in [7, 11) is 1.68. The SMILES string of the molecule is COCCCNc1ncc(-c2cc(C)no2)c(-c2ccc(C)o2)n1. The molecule has 0 aromatic carbocycles. The van der Waals surface area contributed by atoms with Gasteiger partial charge in [-0.25, -0.2) is 9.97 Å². The number of aromatic nitrogens is 3. The van der Waals surface area contributed by atoms with E-state index in [0.29, 0.717) is 29.8 Å². The summed E-state index contributed by atoms with van der Waals surface area (Å²) in [6.07, 6.45) is 2.59. The lowest BCUT2D eigenvalue weighted by molar-refractivity contribution is 0.197. The van der Waals surface area contributed by atoms with Gasteiger partial charge in [0.2, 0.25) is 5.95 Å². The van der Waals surface area contributed by atoms with Crippen LogP contribution in [0.5, 0.6) is 0 Å². The average Bonchev–Trinajstić information content (AvgIpc) is 3.20. The minimum atomic E-state index is 0.537. The molecule has 126 valence electrons. The van der Waals surface area contributed by atoms with E-state index in [9.17, 15) is 0 Å². The molecule has 3 rings (SSSR count). The van der Waals surface area contributed by atoms with Crippen molar-refractivity contribution in [3.63, 3.8) is 0 Å². The second-order valence-corrected chi connectivity index (χ2v) is 5.47. The Labute approximate surface area is 140 Å². The van der Waals surface area contributed by atoms with Crippen molar-refractivity contribution in [2.45, 2.75) is 20.3 Å². The standard InChI is InChI=1S/C17H20N4O3/c1-11-9-15(24-21-11)13-10-19-17(18-7-4-8-22-3)20-16(13)14-6-5-12(2)23-14/h5-6,9-10H,4,7-8H2,1-3H3,(H,18,19,20). The second-order valence-electron chi connectivity index (χ2n) is 5.47. The summed E-state index contributed by atoms with van der Waals surface area (Å²) in [5, 5.41) is 7.12. The van der Waals surface area contributed by atoms with E-state index in [1.54, 1.807) is 13.3 Å². The third kappa shape index (κ3) is 3.62. The lowest BCUT2D eigenvalue weighted by Crippen LogP contribution is -2.08. The zero-order chi connectivity index (χ0) is 16.9. The smallest absolute Gasteiger partial charge is 0.223 e. The van der Waals surface area contributed by atoms with Crippen LogP contribution < -0.4 is 5.32 Å². The fraction of sp³-hybridized carbons (Fsp3) is 0.353. The molecule has 0 saturated heterocycles. The highest BCUT2D eigenvalue weighted by atomic mass is 16.5. The summed E-state index contributed by atoms with van der Waals surface area (Å²) in [6, 6.07) is 5.64. The quantitative estimate of drug-likeness (QED) is 0.665. The molecule has 0 aliphatic carbocycles. The fourth-order valence-corrected chi connectivity index (χ4v) is 2.30. The lowest BCUT2D eigenvalue weighted by atomic mass is 10.1. The first-order chi connectivity index (χ1) is 11.7. The van der Waals surface area contributed by atoms with Gasteiger partial charge in [-0.2, -0.15) is 0 Å². The predicted octanol–water partition coefficient (Wildman–Crippen LogP) is 3.46. The number of nitrogens with zero attached hydrogens (tertiary/aromatic N) is 3. The summed E-state index contributed by atoms with van der Waals surface area (Å²) >= 11 is 0. The molecule has 3 aromatic rings. The van der Waals surface area contributed by atoms with Crippen LogP contribution in [0.1, 0.15) is 17.9 Å². The molecule has 0 saturated carbocycles. The third-order valence-electron chi connectivity index (χ3n) is 3.46. The van der Waals surface area contributed by atoms with Crippen LogP contribution in [0.2, 0.25) is 0 Å². The Hall–Kier alpha value is -2.67. The van der Waals surface area contributed by atoms with Crippen LogP contribution in [-0.2, 0) is 4.74 Å². The average molecular weight is 328 g/mol. The Balaban J connectivity index is 1.93. The van der Waals surface area contributed by atoms with Crippen LogP contribution >= 0.6 is 0 Å². The van der Waals surface area contributed by atoms with Crippen molar-refractivity contribution in [1.29, 1.82) is 0 Å². The van der Waals surface area contributed by atoms with Crippen molar-refractivity contribution in [2.24, 2.45) is 0 Å². The van der Waals surface area contributed by atoms with Crippen molar-refractivity contribution in [1.82, 2.24) is 15.1 Å². The molecule has 0 aliphatic heterocycles. The number of ether oxygens (including phenoxy) is 1. The van der Waals surface area contributed by atoms with Crippen LogP contribution in [0.25, 0.3) is 22.8 Å². The zero-order valence-electron chi connectivity index (χ0n) is 14.0. The molecule has 7 nitrogen and oxygen atoms in total. The molecule has 0 unspecified atom stereocenters. The number of aryl methyl sites for hydroxylation is 2. The number of anilines is 1. The lowest BCUT2D eigenvalue weighted by Gasteiger charge is -2.08. The van der Waals surface area contributed by atoms with Gasteiger partial charge < -0.3 is 19.0 Å². The fourth-order valence-electron chi connectivity index (χ4n) is 2.30. The summed E-state index contributed by atoms with van der Waals surface area (Å²) in [5.74, 6) is 2.63. The van der Waals surface area contributed by atoms with E-state index in [-0.39, 0.29) is 0 Å². The first-order valence-corrected chi connectivity index (χ1v) is 7.77. The highest BCUT2D eigenvalue weighted by molar-refractivity contribution is 5.75. The van der Waals surface area contributed by atoms with Gasteiger partial charge in [0.15, 0.2) is 11.5 Å². The normalized spacial score (nSPS) is 11.0. The monoisotopic (exact) mass is 328 g/mol. The molecule has 3 heterocycles. The third-order valence-corrected chi connectivity index (χ3v) is 3.46. The molecular weight excluding hydrogens is 308 g/mol. The highest BCUT2D eigenvalue weighted by Gasteiger charge is 2.17. The van der Waals surface area contributed by atoms with Crippen LogP contribution in [0, 0.1) is 13.8 Å². The van der Waals surface area contributed by atoms with Crippen LogP contribution in [0.15, 0.2) is 33.3 Å². The summed E-state index contributed by atoms with van der Waals surface area (Å²) < 4.78 is 16.1. The maximum atomic E-state index is 5.74. The molecule has 0 spiro atoms. The highest BCUT2D eigenvalue weighted by Crippen LogP contribution is 2.32. The molecule has 0 amide bonds. The number of rotatable bonds is 7. The van der Waals surface area contributed by atoms with Gasteiger partial charge in [0.05, 0.1) is 11.3 Å². The topological polar surface area (TPSA) is 86.2 Å². The zero-order valence-corrected chi connectivity index (χ0v) is 14.0. The number of hydrogen-bond acceptors (Lipinski definition) is 7. The molecule has 0 aliphatic rings. The number of methoxy groups -OCH3 is 1. The van der Waals surface area contributed by atoms with Crippen molar-refractivity contribution in [3.8, 4) is 22.8 Å². The van der Waals surface area contributed by atoms with Crippen molar-refractivity contribution < 1.29 is 13.7 Å². The van der Waals surface area contributed by atoms with Gasteiger partial charge in [-0.15, -0.1) is 0 Å². The summed E-state index contributed by atoms with van der Waals surface area (Å²) in [5.41, 5.74) is 2.21. The number of furan rings is 1. The van der Waals surface area contributed by atoms with Crippen LogP contribution in [0.4, 0.5) is 5.95 Å². The van der Waals surface area contributed by atoms with Gasteiger partial charge in [-0.1, -0.05) is 5.16 Å².